The van der Waals surface area contributed by atoms with Crippen LogP contribution in [0.25, 0.3) is 0 Å². The van der Waals surface area contributed by atoms with Gasteiger partial charge in [-0.2, -0.15) is 0 Å². The van der Waals surface area contributed by atoms with Gasteiger partial charge in [0.2, 0.25) is 11.9 Å². The van der Waals surface area contributed by atoms with Crippen molar-refractivity contribution in [2.45, 2.75) is 6.04 Å². The molecule has 0 aliphatic carbocycles. The molecule has 5 nitrogen and oxygen atoms in total. The number of nitrogens with two attached hydrogens (primary N) is 1. The minimum Gasteiger partial charge on any atom is -0.318 e. The molecule has 1 amide bonds. The summed E-state index contributed by atoms with van der Waals surface area (Å²) in [5.41, 5.74) is 5.40. The number of rotatable bonds is 1. The highest BCUT2D eigenvalue weighted by Gasteiger charge is 2.35. The maximum absolute atomic E-state index is 11.1. The first-order valence-electron chi connectivity index (χ1n) is 3.63. The second-order valence-electron chi connectivity index (χ2n) is 2.60. The molecule has 0 saturated carbocycles. The summed E-state index contributed by atoms with van der Waals surface area (Å²) in [6.07, 6.45) is 3.19. The van der Waals surface area contributed by atoms with Crippen LogP contribution in [-0.2, 0) is 4.79 Å². The van der Waals surface area contributed by atoms with E-state index < -0.39 is 0 Å². The van der Waals surface area contributed by atoms with E-state index in [0.717, 1.165) is 0 Å². The molecule has 2 rings (SSSR count). The van der Waals surface area contributed by atoms with Gasteiger partial charge in [-0.05, 0) is 6.07 Å². The predicted octanol–water partition coefficient (Wildman–Crippen LogP) is -0.850. The van der Waals surface area contributed by atoms with E-state index in [4.69, 9.17) is 5.73 Å². The van der Waals surface area contributed by atoms with Gasteiger partial charge in [-0.1, -0.05) is 0 Å². The van der Waals surface area contributed by atoms with E-state index in [2.05, 4.69) is 9.97 Å². The van der Waals surface area contributed by atoms with Crippen molar-refractivity contribution in [1.82, 2.24) is 9.97 Å². The Bertz CT molecular complexity index is 300. The van der Waals surface area contributed by atoms with Crippen LogP contribution in [0.4, 0.5) is 5.95 Å². The van der Waals surface area contributed by atoms with Gasteiger partial charge in [0.25, 0.3) is 0 Å². The molecule has 1 atom stereocenters. The lowest BCUT2D eigenvalue weighted by atomic mass is 10.1. The maximum atomic E-state index is 11.1. The number of nitrogens with zero attached hydrogens (tertiary/aromatic N) is 3. The molecule has 0 aromatic carbocycles. The quantitative estimate of drug-likeness (QED) is 0.549. The fourth-order valence-corrected chi connectivity index (χ4v) is 1.06. The molecule has 1 saturated heterocycles. The Morgan fingerprint density at radius 2 is 2.17 bits per heavy atom. The van der Waals surface area contributed by atoms with E-state index in [-0.39, 0.29) is 11.9 Å². The van der Waals surface area contributed by atoms with E-state index in [1.54, 1.807) is 18.5 Å². The number of carbonyl (C=O) groups excluding carboxylic acids is 1. The molecule has 5 heteroatoms. The monoisotopic (exact) mass is 164 g/mol. The van der Waals surface area contributed by atoms with Gasteiger partial charge in [0.15, 0.2) is 0 Å². The molecule has 1 fully saturated rings. The number of β-lactam (4-membered cyclic amide) rings is 1. The van der Waals surface area contributed by atoms with Gasteiger partial charge in [0.05, 0.1) is 6.54 Å². The van der Waals surface area contributed by atoms with Crippen LogP contribution in [0.15, 0.2) is 18.5 Å². The number of amides is 1. The summed E-state index contributed by atoms with van der Waals surface area (Å²) in [4.78, 5) is 20.4. The highest BCUT2D eigenvalue weighted by molar-refractivity contribution is 6.02. The van der Waals surface area contributed by atoms with Crippen molar-refractivity contribution in [2.75, 3.05) is 11.4 Å². The first kappa shape index (κ1) is 7.17. The number of aromatic nitrogens is 2. The van der Waals surface area contributed by atoms with Crippen molar-refractivity contribution in [2.24, 2.45) is 5.73 Å². The average molecular weight is 164 g/mol. The Morgan fingerprint density at radius 1 is 1.50 bits per heavy atom. The Kier molecular flexibility index (Phi) is 1.51. The van der Waals surface area contributed by atoms with Crippen molar-refractivity contribution in [1.29, 1.82) is 0 Å². The third-order valence-electron chi connectivity index (χ3n) is 1.76. The first-order valence-corrected chi connectivity index (χ1v) is 3.63. The van der Waals surface area contributed by atoms with Gasteiger partial charge in [-0.15, -0.1) is 0 Å². The third kappa shape index (κ3) is 0.947. The fraction of sp³-hybridized carbons (Fsp3) is 0.286. The molecule has 2 N–H and O–H groups in total. The second-order valence-corrected chi connectivity index (χ2v) is 2.60. The Hall–Kier alpha value is -1.49. The highest BCUT2D eigenvalue weighted by atomic mass is 16.2. The lowest BCUT2D eigenvalue weighted by molar-refractivity contribution is -0.123. The molecule has 1 aliphatic heterocycles. The first-order chi connectivity index (χ1) is 5.79. The lowest BCUT2D eigenvalue weighted by Gasteiger charge is -2.33. The Morgan fingerprint density at radius 3 is 2.67 bits per heavy atom. The standard InChI is InChI=1S/C7H8N4O/c8-5-4-11(6(5)12)7-9-2-1-3-10-7/h1-3,5H,4,8H2. The van der Waals surface area contributed by atoms with Crippen molar-refractivity contribution in [3.05, 3.63) is 18.5 Å². The Balaban J connectivity index is 2.19. The number of carbonyl (C=O) groups is 1. The smallest absolute Gasteiger partial charge is 0.248 e. The summed E-state index contributed by atoms with van der Waals surface area (Å²) >= 11 is 0. The van der Waals surface area contributed by atoms with Gasteiger partial charge in [0.1, 0.15) is 6.04 Å². The van der Waals surface area contributed by atoms with Crippen molar-refractivity contribution >= 4 is 11.9 Å². The fourth-order valence-electron chi connectivity index (χ4n) is 1.06. The summed E-state index contributed by atoms with van der Waals surface area (Å²) in [6.45, 7) is 0.517. The van der Waals surface area contributed by atoms with E-state index in [1.165, 1.54) is 4.90 Å². The number of anilines is 1. The Labute approximate surface area is 69.2 Å². The zero-order valence-corrected chi connectivity index (χ0v) is 6.34. The summed E-state index contributed by atoms with van der Waals surface area (Å²) in [7, 11) is 0. The minimum absolute atomic E-state index is 0.110. The van der Waals surface area contributed by atoms with Crippen molar-refractivity contribution < 1.29 is 4.79 Å². The van der Waals surface area contributed by atoms with Gasteiger partial charge in [-0.25, -0.2) is 9.97 Å². The predicted molar refractivity (Wildman–Crippen MR) is 42.4 cm³/mol. The molecule has 0 radical (unpaired) electrons. The normalized spacial score (nSPS) is 22.2. The molecule has 0 bridgehead atoms. The van der Waals surface area contributed by atoms with Crippen LogP contribution in [0.5, 0.6) is 0 Å². The molecule has 0 spiro atoms. The minimum atomic E-state index is -0.367. The van der Waals surface area contributed by atoms with E-state index in [9.17, 15) is 4.79 Å². The van der Waals surface area contributed by atoms with Crippen LogP contribution < -0.4 is 10.6 Å². The van der Waals surface area contributed by atoms with E-state index >= 15 is 0 Å². The molecule has 62 valence electrons. The summed E-state index contributed by atoms with van der Waals surface area (Å²) in [5, 5.41) is 0. The third-order valence-corrected chi connectivity index (χ3v) is 1.76. The van der Waals surface area contributed by atoms with Crippen LogP contribution in [0.1, 0.15) is 0 Å². The van der Waals surface area contributed by atoms with E-state index in [0.29, 0.717) is 12.5 Å². The molecule has 1 aromatic heterocycles. The zero-order valence-electron chi connectivity index (χ0n) is 6.34. The van der Waals surface area contributed by atoms with Crippen LogP contribution in [0, 0.1) is 0 Å². The summed E-state index contributed by atoms with van der Waals surface area (Å²) in [6, 6.07) is 1.34. The lowest BCUT2D eigenvalue weighted by Crippen LogP contribution is -2.61. The van der Waals surface area contributed by atoms with Gasteiger partial charge >= 0.3 is 0 Å². The zero-order chi connectivity index (χ0) is 8.55. The van der Waals surface area contributed by atoms with Crippen LogP contribution in [0.2, 0.25) is 0 Å². The maximum Gasteiger partial charge on any atom is 0.248 e. The molecule has 1 aliphatic rings. The molecular formula is C7H8N4O. The van der Waals surface area contributed by atoms with Gasteiger partial charge in [-0.3, -0.25) is 9.69 Å². The summed E-state index contributed by atoms with van der Waals surface area (Å²) in [5.74, 6) is 0.324. The van der Waals surface area contributed by atoms with Crippen molar-refractivity contribution in [3.63, 3.8) is 0 Å². The van der Waals surface area contributed by atoms with E-state index in [1.807, 2.05) is 0 Å². The molecule has 12 heavy (non-hydrogen) atoms. The average Bonchev–Trinajstić information content (AvgIpc) is 2.15. The van der Waals surface area contributed by atoms with Gasteiger partial charge < -0.3 is 5.73 Å². The second kappa shape index (κ2) is 2.53. The van der Waals surface area contributed by atoms with Gasteiger partial charge in [0, 0.05) is 12.4 Å². The highest BCUT2D eigenvalue weighted by Crippen LogP contribution is 2.14. The van der Waals surface area contributed by atoms with Crippen LogP contribution in [0.3, 0.4) is 0 Å². The van der Waals surface area contributed by atoms with Crippen LogP contribution in [-0.4, -0.2) is 28.5 Å². The largest absolute Gasteiger partial charge is 0.318 e. The SMILES string of the molecule is NC1CN(c2ncccn2)C1=O. The molecule has 1 unspecified atom stereocenters. The molecule has 1 aromatic rings. The number of hydrogen-bond acceptors (Lipinski definition) is 4. The molecule has 2 heterocycles. The summed E-state index contributed by atoms with van der Waals surface area (Å²) < 4.78 is 0. The van der Waals surface area contributed by atoms with Crippen LogP contribution >= 0.6 is 0 Å². The van der Waals surface area contributed by atoms with Crippen molar-refractivity contribution in [3.8, 4) is 0 Å². The number of hydrogen-bond donors (Lipinski definition) is 1. The topological polar surface area (TPSA) is 72.1 Å². The molecular weight excluding hydrogens is 156 g/mol.